The van der Waals surface area contributed by atoms with Crippen LogP contribution < -0.4 is 4.74 Å². The van der Waals surface area contributed by atoms with Crippen molar-refractivity contribution in [2.45, 2.75) is 6.42 Å². The fourth-order valence-electron chi connectivity index (χ4n) is 2.41. The molecule has 2 aromatic carbocycles. The summed E-state index contributed by atoms with van der Waals surface area (Å²) in [6.07, 6.45) is 0.477. The topological polar surface area (TPSA) is 26.3 Å². The number of ketones is 1. The van der Waals surface area contributed by atoms with Gasteiger partial charge in [0, 0.05) is 0 Å². The summed E-state index contributed by atoms with van der Waals surface area (Å²) in [5.74, 6) is -2.25. The Morgan fingerprint density at radius 1 is 1.10 bits per heavy atom. The number of ether oxygens (including phenoxy) is 1. The molecule has 0 fully saturated rings. The van der Waals surface area contributed by atoms with Gasteiger partial charge in [-0.25, -0.2) is 8.78 Å². The first kappa shape index (κ1) is 12.8. The monoisotopic (exact) mass is 274 g/mol. The Hall–Kier alpha value is -2.23. The van der Waals surface area contributed by atoms with Crippen LogP contribution in [0.5, 0.6) is 5.75 Å². The van der Waals surface area contributed by atoms with Crippen LogP contribution in [0.3, 0.4) is 0 Å². The van der Waals surface area contributed by atoms with Gasteiger partial charge >= 0.3 is 0 Å². The number of fused-ring (bicyclic) bond motifs is 1. The van der Waals surface area contributed by atoms with Crippen LogP contribution in [0.2, 0.25) is 0 Å². The molecule has 0 aliphatic carbocycles. The molecule has 0 radical (unpaired) electrons. The van der Waals surface area contributed by atoms with Gasteiger partial charge in [0.2, 0.25) is 0 Å². The van der Waals surface area contributed by atoms with Crippen LogP contribution in [0.15, 0.2) is 42.5 Å². The molecule has 0 spiro atoms. The normalized spacial score (nSPS) is 17.2. The minimum Gasteiger partial charge on any atom is -0.493 e. The summed E-state index contributed by atoms with van der Waals surface area (Å²) < 4.78 is 32.4. The van der Waals surface area contributed by atoms with Crippen LogP contribution in [-0.4, -0.2) is 12.4 Å². The highest BCUT2D eigenvalue weighted by molar-refractivity contribution is 5.98. The molecule has 0 saturated heterocycles. The van der Waals surface area contributed by atoms with Gasteiger partial charge < -0.3 is 4.74 Å². The molecule has 1 aliphatic rings. The van der Waals surface area contributed by atoms with E-state index in [2.05, 4.69) is 0 Å². The minimum atomic E-state index is -1.09. The Balaban J connectivity index is 1.88. The van der Waals surface area contributed by atoms with E-state index in [9.17, 15) is 13.6 Å². The Bertz CT molecular complexity index is 667. The number of Topliss-reactive ketones (excluding diaryl/α,β-unsaturated/α-hetero) is 1. The van der Waals surface area contributed by atoms with Crippen LogP contribution in [0.25, 0.3) is 0 Å². The van der Waals surface area contributed by atoms with Crippen molar-refractivity contribution >= 4 is 5.78 Å². The number of rotatable bonds is 2. The number of hydrogen-bond donors (Lipinski definition) is 0. The number of halogens is 2. The highest BCUT2D eigenvalue weighted by Gasteiger charge is 2.28. The van der Waals surface area contributed by atoms with E-state index >= 15 is 0 Å². The van der Waals surface area contributed by atoms with Gasteiger partial charge in [-0.05, 0) is 30.2 Å². The highest BCUT2D eigenvalue weighted by Crippen LogP contribution is 2.29. The van der Waals surface area contributed by atoms with Crippen LogP contribution >= 0.6 is 0 Å². The molecule has 0 bridgehead atoms. The second-order valence-electron chi connectivity index (χ2n) is 4.79. The summed E-state index contributed by atoms with van der Waals surface area (Å²) >= 11 is 0. The van der Waals surface area contributed by atoms with Gasteiger partial charge in [0.1, 0.15) is 5.75 Å². The van der Waals surface area contributed by atoms with Gasteiger partial charge in [-0.15, -0.1) is 0 Å². The van der Waals surface area contributed by atoms with Crippen molar-refractivity contribution in [1.82, 2.24) is 0 Å². The molecular weight excluding hydrogens is 262 g/mol. The van der Waals surface area contributed by atoms with Gasteiger partial charge in [0.05, 0.1) is 18.1 Å². The molecule has 102 valence electrons. The number of benzene rings is 2. The van der Waals surface area contributed by atoms with E-state index in [1.807, 2.05) is 24.3 Å². The van der Waals surface area contributed by atoms with E-state index in [1.54, 1.807) is 0 Å². The number of para-hydroxylation sites is 1. The summed E-state index contributed by atoms with van der Waals surface area (Å²) in [4.78, 5) is 12.3. The van der Waals surface area contributed by atoms with Crippen molar-refractivity contribution in [2.24, 2.45) is 5.92 Å². The minimum absolute atomic E-state index is 0.186. The molecule has 0 N–H and O–H groups in total. The molecule has 3 rings (SSSR count). The lowest BCUT2D eigenvalue weighted by Gasteiger charge is -2.24. The summed E-state index contributed by atoms with van der Waals surface area (Å²) in [6.45, 7) is 0.186. The Kier molecular flexibility index (Phi) is 3.22. The van der Waals surface area contributed by atoms with Gasteiger partial charge in [-0.3, -0.25) is 4.79 Å². The molecular formula is C16H12F2O2. The maximum absolute atomic E-state index is 13.7. The van der Waals surface area contributed by atoms with Crippen molar-refractivity contribution in [1.29, 1.82) is 0 Å². The van der Waals surface area contributed by atoms with E-state index in [-0.39, 0.29) is 12.2 Å². The van der Waals surface area contributed by atoms with Gasteiger partial charge in [-0.2, -0.15) is 0 Å². The van der Waals surface area contributed by atoms with Gasteiger partial charge in [0.15, 0.2) is 17.4 Å². The molecule has 20 heavy (non-hydrogen) atoms. The molecule has 1 unspecified atom stereocenters. The summed E-state index contributed by atoms with van der Waals surface area (Å²) in [5, 5.41) is 0. The van der Waals surface area contributed by atoms with E-state index in [0.29, 0.717) is 6.42 Å². The standard InChI is InChI=1S/C16H12F2O2/c17-13-6-3-5-12(15(13)18)16(19)11-8-10-4-1-2-7-14(10)20-9-11/h1-7,11H,8-9H2. The third-order valence-electron chi connectivity index (χ3n) is 3.47. The van der Waals surface area contributed by atoms with E-state index in [0.717, 1.165) is 17.4 Å². The zero-order valence-electron chi connectivity index (χ0n) is 10.6. The third-order valence-corrected chi connectivity index (χ3v) is 3.47. The van der Waals surface area contributed by atoms with Crippen LogP contribution in [0.1, 0.15) is 15.9 Å². The second kappa shape index (κ2) is 5.04. The average Bonchev–Trinajstić information content (AvgIpc) is 2.49. The fourth-order valence-corrected chi connectivity index (χ4v) is 2.41. The van der Waals surface area contributed by atoms with E-state index < -0.39 is 23.3 Å². The Labute approximate surface area is 115 Å². The summed E-state index contributed by atoms with van der Waals surface area (Å²) in [5.41, 5.74) is 0.701. The van der Waals surface area contributed by atoms with E-state index in [4.69, 9.17) is 4.74 Å². The number of carbonyl (C=O) groups excluding carboxylic acids is 1. The first-order chi connectivity index (χ1) is 9.66. The summed E-state index contributed by atoms with van der Waals surface area (Å²) in [6, 6.07) is 11.1. The fraction of sp³-hybridized carbons (Fsp3) is 0.188. The van der Waals surface area contributed by atoms with Crippen molar-refractivity contribution in [3.05, 3.63) is 65.2 Å². The maximum Gasteiger partial charge on any atom is 0.172 e. The molecule has 0 aromatic heterocycles. The molecule has 4 heteroatoms. The molecule has 2 nitrogen and oxygen atoms in total. The van der Waals surface area contributed by atoms with Crippen molar-refractivity contribution < 1.29 is 18.3 Å². The average molecular weight is 274 g/mol. The van der Waals surface area contributed by atoms with Crippen molar-refractivity contribution in [2.75, 3.05) is 6.61 Å². The quantitative estimate of drug-likeness (QED) is 0.785. The number of carbonyl (C=O) groups is 1. The van der Waals surface area contributed by atoms with Crippen molar-refractivity contribution in [3.63, 3.8) is 0 Å². The highest BCUT2D eigenvalue weighted by atomic mass is 19.2. The molecule has 1 atom stereocenters. The largest absolute Gasteiger partial charge is 0.493 e. The zero-order chi connectivity index (χ0) is 14.1. The SMILES string of the molecule is O=C(c1cccc(F)c1F)C1COc2ccccc2C1. The van der Waals surface area contributed by atoms with Crippen LogP contribution in [0, 0.1) is 17.6 Å². The molecule has 1 heterocycles. The molecule has 0 amide bonds. The smallest absolute Gasteiger partial charge is 0.172 e. The van der Waals surface area contributed by atoms with Crippen LogP contribution in [-0.2, 0) is 6.42 Å². The Morgan fingerprint density at radius 2 is 1.90 bits per heavy atom. The maximum atomic E-state index is 13.7. The molecule has 2 aromatic rings. The third kappa shape index (κ3) is 2.18. The molecule has 0 saturated carbocycles. The predicted molar refractivity (Wildman–Crippen MR) is 69.8 cm³/mol. The van der Waals surface area contributed by atoms with Crippen molar-refractivity contribution in [3.8, 4) is 5.75 Å². The van der Waals surface area contributed by atoms with Crippen LogP contribution in [0.4, 0.5) is 8.78 Å². The summed E-state index contributed by atoms with van der Waals surface area (Å²) in [7, 11) is 0. The lowest BCUT2D eigenvalue weighted by atomic mass is 9.89. The van der Waals surface area contributed by atoms with Gasteiger partial charge in [-0.1, -0.05) is 24.3 Å². The van der Waals surface area contributed by atoms with E-state index in [1.165, 1.54) is 12.1 Å². The zero-order valence-corrected chi connectivity index (χ0v) is 10.6. The number of hydrogen-bond acceptors (Lipinski definition) is 2. The van der Waals surface area contributed by atoms with Gasteiger partial charge in [0.25, 0.3) is 0 Å². The Morgan fingerprint density at radius 3 is 2.75 bits per heavy atom. The second-order valence-corrected chi connectivity index (χ2v) is 4.79. The first-order valence-corrected chi connectivity index (χ1v) is 6.35. The predicted octanol–water partition coefficient (Wildman–Crippen LogP) is 3.40. The lowest BCUT2D eigenvalue weighted by Crippen LogP contribution is -2.29. The lowest BCUT2D eigenvalue weighted by molar-refractivity contribution is 0.0850. The molecule has 1 aliphatic heterocycles. The first-order valence-electron chi connectivity index (χ1n) is 6.35.